The molecule has 49 heavy (non-hydrogen) atoms. The highest BCUT2D eigenvalue weighted by Crippen LogP contribution is 2.51. The first-order valence-corrected chi connectivity index (χ1v) is 17.1. The molecule has 3 N–H and O–H groups in total. The molecule has 1 aliphatic carbocycles. The van der Waals surface area contributed by atoms with Gasteiger partial charge in [0.25, 0.3) is 0 Å². The Morgan fingerprint density at radius 2 is 1.51 bits per heavy atom. The van der Waals surface area contributed by atoms with Crippen LogP contribution < -0.4 is 10.2 Å². The van der Waals surface area contributed by atoms with Crippen molar-refractivity contribution in [3.8, 4) is 5.75 Å². The molecule has 8 heteroatoms. The maximum absolute atomic E-state index is 14.2. The lowest BCUT2D eigenvalue weighted by atomic mass is 9.58. The maximum Gasteiger partial charge on any atom is 0.455 e. The van der Waals surface area contributed by atoms with Crippen molar-refractivity contribution in [1.29, 1.82) is 0 Å². The lowest BCUT2D eigenvalue weighted by molar-refractivity contribution is -0.122. The number of anilines is 3. The number of fused-ring (bicyclic) bond motifs is 3. The SMILES string of the molecule is CC1=C2[C@@H](CC/C(=C/c3cc(C)c(O)c(C)c3)c3ccccc3)OB(O)C[C@@H]2[C@@H]2C(=O)N(c3ccc(Nc4ccccc4)cc3)C(=O)[C@@H]2C1. The summed E-state index contributed by atoms with van der Waals surface area (Å²) in [5, 5.41) is 24.7. The average molecular weight is 653 g/mol. The molecule has 2 fully saturated rings. The second kappa shape index (κ2) is 13.5. The van der Waals surface area contributed by atoms with Gasteiger partial charge in [0.05, 0.1) is 23.6 Å². The fourth-order valence-corrected chi connectivity index (χ4v) is 8.07. The van der Waals surface area contributed by atoms with E-state index in [0.29, 0.717) is 30.7 Å². The van der Waals surface area contributed by atoms with Crippen LogP contribution in [-0.2, 0) is 14.2 Å². The molecule has 2 heterocycles. The van der Waals surface area contributed by atoms with Gasteiger partial charge >= 0.3 is 7.12 Å². The van der Waals surface area contributed by atoms with Crippen LogP contribution in [0.2, 0.25) is 6.32 Å². The number of hydrogen-bond donors (Lipinski definition) is 3. The van der Waals surface area contributed by atoms with Gasteiger partial charge in [0.15, 0.2) is 0 Å². The van der Waals surface area contributed by atoms with Gasteiger partial charge in [-0.25, -0.2) is 0 Å². The van der Waals surface area contributed by atoms with Crippen LogP contribution in [0, 0.1) is 31.6 Å². The molecule has 3 aliphatic rings. The number of allylic oxidation sites excluding steroid dienone is 2. The van der Waals surface area contributed by atoms with Gasteiger partial charge in [-0.2, -0.15) is 0 Å². The summed E-state index contributed by atoms with van der Waals surface area (Å²) in [4.78, 5) is 29.4. The second-order valence-electron chi connectivity index (χ2n) is 13.6. The summed E-state index contributed by atoms with van der Waals surface area (Å²) in [6.45, 7) is 5.85. The van der Waals surface area contributed by atoms with Gasteiger partial charge in [0, 0.05) is 11.4 Å². The van der Waals surface area contributed by atoms with E-state index in [1.165, 1.54) is 4.90 Å². The molecule has 4 aromatic carbocycles. The van der Waals surface area contributed by atoms with Crippen LogP contribution in [0.15, 0.2) is 108 Å². The van der Waals surface area contributed by atoms with E-state index in [-0.39, 0.29) is 30.2 Å². The van der Waals surface area contributed by atoms with Gasteiger partial charge in [-0.05, 0) is 134 Å². The smallest absolute Gasteiger partial charge is 0.455 e. The van der Waals surface area contributed by atoms with Crippen LogP contribution in [0.3, 0.4) is 0 Å². The van der Waals surface area contributed by atoms with Crippen LogP contribution in [0.25, 0.3) is 11.6 Å². The van der Waals surface area contributed by atoms with Gasteiger partial charge in [0.1, 0.15) is 5.75 Å². The van der Waals surface area contributed by atoms with Gasteiger partial charge in [-0.15, -0.1) is 0 Å². The number of nitrogens with zero attached hydrogens (tertiary/aromatic N) is 1. The summed E-state index contributed by atoms with van der Waals surface area (Å²) >= 11 is 0. The fourth-order valence-electron chi connectivity index (χ4n) is 8.07. The zero-order valence-corrected chi connectivity index (χ0v) is 28.1. The van der Waals surface area contributed by atoms with Crippen LogP contribution >= 0.6 is 0 Å². The van der Waals surface area contributed by atoms with Gasteiger partial charge in [-0.1, -0.05) is 60.2 Å². The summed E-state index contributed by atoms with van der Waals surface area (Å²) < 4.78 is 6.22. The predicted molar refractivity (Wildman–Crippen MR) is 195 cm³/mol. The monoisotopic (exact) mass is 652 g/mol. The molecule has 0 unspecified atom stereocenters. The summed E-state index contributed by atoms with van der Waals surface area (Å²) in [5.74, 6) is -1.35. The number of carbonyl (C=O) groups excluding carboxylic acids is 2. The minimum atomic E-state index is -1.03. The number of benzene rings is 4. The minimum Gasteiger partial charge on any atom is -0.507 e. The normalized spacial score (nSPS) is 22.3. The molecule has 7 rings (SSSR count). The number of nitrogens with one attached hydrogen (secondary N) is 1. The third kappa shape index (κ3) is 6.46. The highest BCUT2D eigenvalue weighted by Gasteiger charge is 2.57. The highest BCUT2D eigenvalue weighted by atomic mass is 16.5. The number of aryl methyl sites for hydroxylation is 2. The average Bonchev–Trinajstić information content (AvgIpc) is 3.35. The molecule has 248 valence electrons. The molecular formula is C41H41BN2O5. The van der Waals surface area contributed by atoms with Crippen molar-refractivity contribution in [3.63, 3.8) is 0 Å². The molecule has 4 aromatic rings. The molecule has 2 aliphatic heterocycles. The van der Waals surface area contributed by atoms with Crippen molar-refractivity contribution in [2.75, 3.05) is 10.2 Å². The Kier molecular flexibility index (Phi) is 9.01. The summed E-state index contributed by atoms with van der Waals surface area (Å²) in [6, 6.07) is 31.4. The molecule has 4 atom stereocenters. The quantitative estimate of drug-likeness (QED) is 0.0771. The van der Waals surface area contributed by atoms with Crippen molar-refractivity contribution in [1.82, 2.24) is 0 Å². The Morgan fingerprint density at radius 3 is 2.18 bits per heavy atom. The Bertz CT molecular complexity index is 1920. The van der Waals surface area contributed by atoms with Crippen LogP contribution in [0.5, 0.6) is 5.75 Å². The molecule has 7 nitrogen and oxygen atoms in total. The van der Waals surface area contributed by atoms with E-state index >= 15 is 0 Å². The first-order chi connectivity index (χ1) is 23.7. The van der Waals surface area contributed by atoms with Crippen LogP contribution in [0.1, 0.15) is 48.4 Å². The van der Waals surface area contributed by atoms with Crippen LogP contribution in [0.4, 0.5) is 17.1 Å². The standard InChI is InChI=1S/C41H41BN2O5/c1-25-22-34-38(41(47)44(40(34)46)33-17-15-32(16-18-33)43-31-12-8-5-9-13-31)35-24-42(48)49-36(37(25)35)19-14-30(29-10-6-4-7-11-29)23-28-20-26(2)39(45)27(3)21-28/h4-13,15-18,20-21,23,34-36,38,43,45,48H,14,19,22,24H2,1-3H3/b30-23-/t34-,35+,36-,38-/m1/s1. The third-order valence-electron chi connectivity index (χ3n) is 10.3. The van der Waals surface area contributed by atoms with E-state index in [9.17, 15) is 19.7 Å². The number of rotatable bonds is 8. The number of phenols is 1. The molecule has 2 saturated heterocycles. The number of phenolic OH excluding ortho intramolecular Hbond substituents is 1. The highest BCUT2D eigenvalue weighted by molar-refractivity contribution is 6.43. The van der Waals surface area contributed by atoms with Crippen molar-refractivity contribution >= 4 is 47.6 Å². The molecule has 0 saturated carbocycles. The minimum absolute atomic E-state index is 0.177. The van der Waals surface area contributed by atoms with E-state index in [1.54, 1.807) is 0 Å². The van der Waals surface area contributed by atoms with E-state index < -0.39 is 19.0 Å². The van der Waals surface area contributed by atoms with E-state index in [4.69, 9.17) is 4.65 Å². The molecular weight excluding hydrogens is 611 g/mol. The topological polar surface area (TPSA) is 99.1 Å². The molecule has 0 spiro atoms. The lowest BCUT2D eigenvalue weighted by Gasteiger charge is -2.42. The Labute approximate surface area is 288 Å². The Balaban J connectivity index is 1.13. The summed E-state index contributed by atoms with van der Waals surface area (Å²) in [5.41, 5.74) is 9.35. The predicted octanol–water partition coefficient (Wildman–Crippen LogP) is 8.09. The Hall–Kier alpha value is -4.92. The van der Waals surface area contributed by atoms with Crippen LogP contribution in [-0.4, -0.2) is 35.2 Å². The number of amides is 2. The molecule has 0 aromatic heterocycles. The first kappa shape index (κ1) is 32.6. The van der Waals surface area contributed by atoms with Crippen molar-refractivity contribution in [3.05, 3.63) is 130 Å². The maximum atomic E-state index is 14.2. The lowest BCUT2D eigenvalue weighted by Crippen LogP contribution is -2.46. The van der Waals surface area contributed by atoms with E-state index in [0.717, 1.165) is 50.3 Å². The molecule has 0 radical (unpaired) electrons. The number of imide groups is 1. The van der Waals surface area contributed by atoms with E-state index in [1.807, 2.05) is 106 Å². The van der Waals surface area contributed by atoms with Crippen molar-refractivity contribution < 1.29 is 24.4 Å². The summed E-state index contributed by atoms with van der Waals surface area (Å²) in [7, 11) is -1.03. The van der Waals surface area contributed by atoms with Gasteiger partial charge < -0.3 is 20.1 Å². The van der Waals surface area contributed by atoms with E-state index in [2.05, 4.69) is 23.5 Å². The zero-order valence-electron chi connectivity index (χ0n) is 28.1. The molecule has 0 bridgehead atoms. The number of para-hydroxylation sites is 1. The molecule has 2 amide bonds. The largest absolute Gasteiger partial charge is 0.507 e. The number of hydrogen-bond acceptors (Lipinski definition) is 6. The van der Waals surface area contributed by atoms with Gasteiger partial charge in [0.2, 0.25) is 11.8 Å². The van der Waals surface area contributed by atoms with Gasteiger partial charge in [-0.3, -0.25) is 14.5 Å². The third-order valence-corrected chi connectivity index (χ3v) is 10.3. The first-order valence-electron chi connectivity index (χ1n) is 17.1. The van der Waals surface area contributed by atoms with Crippen molar-refractivity contribution in [2.24, 2.45) is 17.8 Å². The Morgan fingerprint density at radius 1 is 0.878 bits per heavy atom. The number of aromatic hydroxyl groups is 1. The second-order valence-corrected chi connectivity index (χ2v) is 13.6. The summed E-state index contributed by atoms with van der Waals surface area (Å²) in [6.07, 6.45) is 3.82. The zero-order chi connectivity index (χ0) is 34.2. The van der Waals surface area contributed by atoms with Crippen molar-refractivity contribution in [2.45, 2.75) is 52.5 Å². The fraction of sp³-hybridized carbons (Fsp3) is 0.268. The number of carbonyl (C=O) groups is 2.